The van der Waals surface area contributed by atoms with Crippen molar-refractivity contribution < 1.29 is 27.9 Å². The summed E-state index contributed by atoms with van der Waals surface area (Å²) in [5.41, 5.74) is 3.18. The average Bonchev–Trinajstić information content (AvgIpc) is 3.81. The van der Waals surface area contributed by atoms with Gasteiger partial charge < -0.3 is 19.6 Å². The summed E-state index contributed by atoms with van der Waals surface area (Å²) in [6, 6.07) is 15.7. The number of sulfone groups is 1. The quantitative estimate of drug-likeness (QED) is 0.263. The van der Waals surface area contributed by atoms with Gasteiger partial charge in [-0.15, -0.1) is 11.3 Å². The highest BCUT2D eigenvalue weighted by atomic mass is 32.2. The van der Waals surface area contributed by atoms with Crippen molar-refractivity contribution in [2.24, 2.45) is 11.8 Å². The molecule has 0 unspecified atom stereocenters. The molecule has 2 heterocycles. The third-order valence-corrected chi connectivity index (χ3v) is 13.0. The molecule has 4 fully saturated rings. The zero-order valence-electron chi connectivity index (χ0n) is 27.5. The van der Waals surface area contributed by atoms with Crippen LogP contribution in [0.1, 0.15) is 86.6 Å². The molecular weight excluding hydrogens is 647 g/mol. The normalized spacial score (nSPS) is 24.9. The minimum absolute atomic E-state index is 0.135. The van der Waals surface area contributed by atoms with E-state index in [0.29, 0.717) is 68.0 Å². The Kier molecular flexibility index (Phi) is 9.63. The van der Waals surface area contributed by atoms with E-state index in [9.17, 15) is 23.1 Å². The molecule has 0 bridgehead atoms. The molecule has 0 radical (unpaired) electrons. The molecule has 1 saturated heterocycles. The molecule has 3 saturated carbocycles. The molecule has 9 nitrogen and oxygen atoms in total. The van der Waals surface area contributed by atoms with Crippen LogP contribution in [0.25, 0.3) is 10.4 Å². The Morgan fingerprint density at radius 3 is 2.27 bits per heavy atom. The molecule has 48 heavy (non-hydrogen) atoms. The summed E-state index contributed by atoms with van der Waals surface area (Å²) in [7, 11) is -3.22. The van der Waals surface area contributed by atoms with E-state index >= 15 is 0 Å². The van der Waals surface area contributed by atoms with Gasteiger partial charge in [0.2, 0.25) is 5.91 Å². The Hall–Kier alpha value is -3.28. The number of carbonyl (C=O) groups is 2. The van der Waals surface area contributed by atoms with E-state index in [4.69, 9.17) is 4.74 Å². The van der Waals surface area contributed by atoms with Crippen LogP contribution in [0.15, 0.2) is 59.6 Å². The smallest absolute Gasteiger partial charge is 0.410 e. The van der Waals surface area contributed by atoms with E-state index in [-0.39, 0.29) is 24.0 Å². The first kappa shape index (κ1) is 33.2. The number of aromatic nitrogens is 1. The van der Waals surface area contributed by atoms with Crippen LogP contribution in [-0.2, 0) is 19.4 Å². The number of β-amino-alcohol motifs (C(OH)–C–C–N with tert-alkyl or cyclic N) is 1. The van der Waals surface area contributed by atoms with Crippen molar-refractivity contribution >= 4 is 38.9 Å². The second-order valence-electron chi connectivity index (χ2n) is 14.3. The van der Waals surface area contributed by atoms with Gasteiger partial charge in [-0.3, -0.25) is 4.79 Å². The fourth-order valence-electron chi connectivity index (χ4n) is 7.48. The van der Waals surface area contributed by atoms with Crippen LogP contribution in [0.5, 0.6) is 0 Å². The molecule has 1 N–H and O–H groups in total. The number of amides is 2. The zero-order valence-corrected chi connectivity index (χ0v) is 29.1. The van der Waals surface area contributed by atoms with Crippen LogP contribution in [0.3, 0.4) is 0 Å². The van der Waals surface area contributed by atoms with Crippen LogP contribution in [0.2, 0.25) is 0 Å². The third-order valence-electron chi connectivity index (χ3n) is 10.6. The van der Waals surface area contributed by atoms with E-state index in [1.54, 1.807) is 23.5 Å². The minimum atomic E-state index is -3.22. The van der Waals surface area contributed by atoms with Crippen LogP contribution in [0, 0.1) is 11.8 Å². The van der Waals surface area contributed by atoms with E-state index in [1.807, 2.05) is 35.4 Å². The van der Waals surface area contributed by atoms with Crippen molar-refractivity contribution in [3.63, 3.8) is 0 Å². The molecule has 3 aliphatic carbocycles. The lowest BCUT2D eigenvalue weighted by molar-refractivity contribution is -0.124. The second-order valence-corrected chi connectivity index (χ2v) is 17.4. The summed E-state index contributed by atoms with van der Waals surface area (Å²) in [4.78, 5) is 36.5. The fraction of sp³-hybridized carbons (Fsp3) is 0.541. The fourth-order valence-corrected chi connectivity index (χ4v) is 9.20. The van der Waals surface area contributed by atoms with Gasteiger partial charge in [-0.2, -0.15) is 0 Å². The Morgan fingerprint density at radius 2 is 1.62 bits per heavy atom. The summed E-state index contributed by atoms with van der Waals surface area (Å²) in [5.74, 6) is 1.35. The maximum Gasteiger partial charge on any atom is 0.410 e. The summed E-state index contributed by atoms with van der Waals surface area (Å²) in [6.07, 6.45) is 11.2. The number of benzene rings is 2. The van der Waals surface area contributed by atoms with Gasteiger partial charge in [0.15, 0.2) is 9.84 Å². The van der Waals surface area contributed by atoms with Crippen LogP contribution in [0.4, 0.5) is 10.5 Å². The number of likely N-dealkylation sites (tertiary alicyclic amines) is 1. The number of rotatable bonds is 9. The number of hydrogen-bond acceptors (Lipinski definition) is 8. The molecule has 2 amide bonds. The SMILES string of the molecule is CS(=O)(=O)c1ccc([C@H]2CC[C@H](CN(c3cccc(-c4cnc(C5CC5)s4)c3)C(=O)[C@H]3CC[C@H](OC(=O)N4CC(O)C4)CC3)CC2)cc1. The lowest BCUT2D eigenvalue weighted by Crippen LogP contribution is -2.54. The van der Waals surface area contributed by atoms with Crippen molar-refractivity contribution in [2.45, 2.75) is 93.1 Å². The molecule has 256 valence electrons. The van der Waals surface area contributed by atoms with Crippen LogP contribution >= 0.6 is 11.3 Å². The molecule has 1 aliphatic heterocycles. The second kappa shape index (κ2) is 13.9. The van der Waals surface area contributed by atoms with Crippen LogP contribution < -0.4 is 4.90 Å². The number of thiazole rings is 1. The number of aliphatic hydroxyl groups excluding tert-OH is 1. The molecule has 7 rings (SSSR count). The predicted molar refractivity (Wildman–Crippen MR) is 186 cm³/mol. The van der Waals surface area contributed by atoms with Crippen molar-refractivity contribution in [2.75, 3.05) is 30.8 Å². The third kappa shape index (κ3) is 7.63. The predicted octanol–water partition coefficient (Wildman–Crippen LogP) is 6.77. The molecule has 0 spiro atoms. The Balaban J connectivity index is 1.04. The molecule has 0 atom stereocenters. The van der Waals surface area contributed by atoms with Gasteiger partial charge >= 0.3 is 6.09 Å². The van der Waals surface area contributed by atoms with Gasteiger partial charge in [-0.25, -0.2) is 18.2 Å². The maximum atomic E-state index is 14.4. The van der Waals surface area contributed by atoms with Gasteiger partial charge in [0.25, 0.3) is 0 Å². The van der Waals surface area contributed by atoms with Gasteiger partial charge in [0, 0.05) is 36.5 Å². The highest BCUT2D eigenvalue weighted by Crippen LogP contribution is 2.44. The summed E-state index contributed by atoms with van der Waals surface area (Å²) < 4.78 is 29.6. The average molecular weight is 692 g/mol. The molecule has 4 aliphatic rings. The molecular formula is C37H45N3O6S2. The zero-order chi connectivity index (χ0) is 33.4. The van der Waals surface area contributed by atoms with E-state index in [2.05, 4.69) is 17.1 Å². The highest BCUT2D eigenvalue weighted by Gasteiger charge is 2.36. The maximum absolute atomic E-state index is 14.4. The number of ether oxygens (including phenoxy) is 1. The Labute approximate surface area is 287 Å². The number of nitrogens with zero attached hydrogens (tertiary/aromatic N) is 3. The van der Waals surface area contributed by atoms with Gasteiger partial charge in [-0.1, -0.05) is 24.3 Å². The van der Waals surface area contributed by atoms with E-state index in [1.165, 1.54) is 34.6 Å². The topological polar surface area (TPSA) is 117 Å². The lowest BCUT2D eigenvalue weighted by Gasteiger charge is -2.38. The number of aliphatic hydroxyl groups is 1. The highest BCUT2D eigenvalue weighted by molar-refractivity contribution is 7.90. The monoisotopic (exact) mass is 691 g/mol. The summed E-state index contributed by atoms with van der Waals surface area (Å²) in [5, 5.41) is 10.7. The standard InChI is InChI=1S/C37H45N3O6S2/c1-48(44,45)33-17-13-26(14-18-33)25-7-5-24(6-8-25)21-40(30-4-2-3-29(19-30)34-20-38-35(47-34)27-9-10-27)36(42)28-11-15-32(16-12-28)46-37(43)39-22-31(41)23-39/h2-4,13-14,17-20,24-25,27-28,31-32,41H,5-12,15-16,21-23H2,1H3/t24-,25-,28-,32-. The largest absolute Gasteiger partial charge is 0.446 e. The summed E-state index contributed by atoms with van der Waals surface area (Å²) in [6.45, 7) is 1.30. The first-order valence-corrected chi connectivity index (χ1v) is 20.1. The van der Waals surface area contributed by atoms with E-state index < -0.39 is 15.9 Å². The molecule has 2 aromatic carbocycles. The minimum Gasteiger partial charge on any atom is -0.446 e. The van der Waals surface area contributed by atoms with Gasteiger partial charge in [0.05, 0.1) is 34.0 Å². The number of anilines is 1. The van der Waals surface area contributed by atoms with Crippen molar-refractivity contribution in [1.29, 1.82) is 0 Å². The lowest BCUT2D eigenvalue weighted by atomic mass is 9.78. The van der Waals surface area contributed by atoms with Crippen LogP contribution in [-0.4, -0.2) is 73.5 Å². The first-order valence-electron chi connectivity index (χ1n) is 17.4. The number of carbonyl (C=O) groups excluding carboxylic acids is 2. The molecule has 11 heteroatoms. The molecule has 1 aromatic heterocycles. The number of hydrogen-bond donors (Lipinski definition) is 1. The first-order chi connectivity index (χ1) is 23.1. The summed E-state index contributed by atoms with van der Waals surface area (Å²) >= 11 is 1.76. The Bertz CT molecular complexity index is 1720. The van der Waals surface area contributed by atoms with E-state index in [0.717, 1.165) is 41.8 Å². The Morgan fingerprint density at radius 1 is 0.938 bits per heavy atom. The van der Waals surface area contributed by atoms with Crippen molar-refractivity contribution in [1.82, 2.24) is 9.88 Å². The molecule has 3 aromatic rings. The van der Waals surface area contributed by atoms with Gasteiger partial charge in [-0.05, 0) is 111 Å². The van der Waals surface area contributed by atoms with Crippen molar-refractivity contribution in [3.05, 3.63) is 65.3 Å². The van der Waals surface area contributed by atoms with Crippen molar-refractivity contribution in [3.8, 4) is 10.4 Å². The van der Waals surface area contributed by atoms with Gasteiger partial charge in [0.1, 0.15) is 6.10 Å².